The van der Waals surface area contributed by atoms with Gasteiger partial charge in [0.2, 0.25) is 5.91 Å². The second-order valence-corrected chi connectivity index (χ2v) is 8.78. The first-order chi connectivity index (χ1) is 12.3. The quantitative estimate of drug-likeness (QED) is 0.556. The fourth-order valence-electron chi connectivity index (χ4n) is 3.43. The lowest BCUT2D eigenvalue weighted by Crippen LogP contribution is -2.51. The molecule has 0 atom stereocenters. The summed E-state index contributed by atoms with van der Waals surface area (Å²) in [4.78, 5) is 38.1. The Hall–Kier alpha value is -1.54. The highest BCUT2D eigenvalue weighted by Gasteiger charge is 2.52. The van der Waals surface area contributed by atoms with E-state index < -0.39 is 11.6 Å². The number of hydrogen-bond acceptors (Lipinski definition) is 4. The molecule has 1 saturated carbocycles. The van der Waals surface area contributed by atoms with E-state index in [1.54, 1.807) is 0 Å². The molecule has 0 radical (unpaired) electrons. The van der Waals surface area contributed by atoms with E-state index in [1.165, 1.54) is 11.8 Å². The van der Waals surface area contributed by atoms with Gasteiger partial charge in [-0.15, -0.1) is 11.8 Å². The van der Waals surface area contributed by atoms with E-state index in [2.05, 4.69) is 26.7 Å². The van der Waals surface area contributed by atoms with E-state index in [9.17, 15) is 14.4 Å². The molecule has 1 aromatic carbocycles. The molecule has 1 spiro atoms. The number of nitrogens with zero attached hydrogens (tertiary/aromatic N) is 1. The van der Waals surface area contributed by atoms with Gasteiger partial charge in [-0.1, -0.05) is 35.2 Å². The third-order valence-corrected chi connectivity index (χ3v) is 6.93. The zero-order valence-electron chi connectivity index (χ0n) is 14.9. The van der Waals surface area contributed by atoms with Crippen molar-refractivity contribution >= 4 is 45.5 Å². The lowest BCUT2D eigenvalue weighted by molar-refractivity contribution is -0.139. The lowest BCUT2D eigenvalue weighted by atomic mass is 9.82. The predicted octanol–water partition coefficient (Wildman–Crippen LogP) is 3.44. The fourth-order valence-corrected chi connectivity index (χ4v) is 4.78. The van der Waals surface area contributed by atoms with E-state index in [1.807, 2.05) is 26.0 Å². The Morgan fingerprint density at radius 3 is 2.62 bits per heavy atom. The molecule has 1 heterocycles. The Morgan fingerprint density at radius 2 is 1.92 bits per heavy atom. The molecule has 2 aliphatic rings. The molecule has 0 aromatic heterocycles. The minimum absolute atomic E-state index is 0.131. The molecule has 0 bridgehead atoms. The molecule has 1 saturated heterocycles. The van der Waals surface area contributed by atoms with E-state index in [-0.39, 0.29) is 17.6 Å². The zero-order chi connectivity index (χ0) is 18.9. The summed E-state index contributed by atoms with van der Waals surface area (Å²) in [6.45, 7) is 3.97. The summed E-state index contributed by atoms with van der Waals surface area (Å²) in [5.41, 5.74) is 3.80. The highest BCUT2D eigenvalue weighted by molar-refractivity contribution is 9.10. The molecule has 0 unspecified atom stereocenters. The number of carbonyl (C=O) groups excluding carboxylic acids is 3. The van der Waals surface area contributed by atoms with Crippen LogP contribution in [-0.2, 0) is 9.59 Å². The monoisotopic (exact) mass is 439 g/mol. The van der Waals surface area contributed by atoms with E-state index >= 15 is 0 Å². The van der Waals surface area contributed by atoms with Crippen molar-refractivity contribution in [2.45, 2.75) is 56.4 Å². The fraction of sp³-hybridized carbons (Fsp3) is 0.500. The van der Waals surface area contributed by atoms with Gasteiger partial charge in [-0.25, -0.2) is 4.79 Å². The summed E-state index contributed by atoms with van der Waals surface area (Å²) < 4.78 is 1.03. The van der Waals surface area contributed by atoms with Crippen molar-refractivity contribution in [1.82, 2.24) is 15.8 Å². The van der Waals surface area contributed by atoms with E-state index in [4.69, 9.17) is 0 Å². The Labute approximate surface area is 165 Å². The number of aryl methyl sites for hydroxylation is 2. The van der Waals surface area contributed by atoms with E-state index in [0.29, 0.717) is 12.8 Å². The molecule has 6 nitrogen and oxygen atoms in total. The Balaban J connectivity index is 1.61. The van der Waals surface area contributed by atoms with Gasteiger partial charge in [0.25, 0.3) is 5.91 Å². The van der Waals surface area contributed by atoms with Gasteiger partial charge in [0.15, 0.2) is 0 Å². The minimum Gasteiger partial charge on any atom is -0.322 e. The molecule has 1 aliphatic heterocycles. The third kappa shape index (κ3) is 3.76. The number of imide groups is 1. The second-order valence-electron chi connectivity index (χ2n) is 6.90. The Kier molecular flexibility index (Phi) is 5.62. The van der Waals surface area contributed by atoms with Crippen LogP contribution in [0.5, 0.6) is 0 Å². The number of halogens is 1. The Bertz CT molecular complexity index is 762. The number of benzene rings is 1. The summed E-state index contributed by atoms with van der Waals surface area (Å²) in [6.07, 6.45) is 4.16. The number of urea groups is 1. The normalized spacial score (nSPS) is 19.0. The molecule has 26 heavy (non-hydrogen) atoms. The highest BCUT2D eigenvalue weighted by atomic mass is 79.9. The summed E-state index contributed by atoms with van der Waals surface area (Å²) in [5, 5.41) is 3.64. The van der Waals surface area contributed by atoms with Crippen molar-refractivity contribution in [3.05, 3.63) is 27.7 Å². The van der Waals surface area contributed by atoms with Crippen molar-refractivity contribution in [3.8, 4) is 0 Å². The summed E-state index contributed by atoms with van der Waals surface area (Å²) >= 11 is 4.88. The number of amides is 4. The molecule has 140 valence electrons. The summed E-state index contributed by atoms with van der Waals surface area (Å²) in [7, 11) is 0. The highest BCUT2D eigenvalue weighted by Crippen LogP contribution is 2.33. The van der Waals surface area contributed by atoms with Crippen molar-refractivity contribution < 1.29 is 14.4 Å². The van der Waals surface area contributed by atoms with Crippen molar-refractivity contribution in [1.29, 1.82) is 0 Å². The van der Waals surface area contributed by atoms with Crippen LogP contribution < -0.4 is 10.7 Å². The maximum atomic E-state index is 12.7. The SMILES string of the molecule is Cc1cc(SCC(=O)NN2C(=O)NC3(CCCCC3)C2=O)c(C)cc1Br. The van der Waals surface area contributed by atoms with Crippen molar-refractivity contribution in [2.24, 2.45) is 0 Å². The van der Waals surface area contributed by atoms with Crippen LogP contribution in [0.25, 0.3) is 0 Å². The number of rotatable bonds is 4. The molecule has 4 amide bonds. The van der Waals surface area contributed by atoms with Gasteiger partial charge in [-0.2, -0.15) is 5.01 Å². The standard InChI is InChI=1S/C18H22BrN3O3S/c1-11-9-14(12(2)8-13(11)19)26-10-15(23)21-22-16(24)18(20-17(22)25)6-4-3-5-7-18/h8-9H,3-7,10H2,1-2H3,(H,20,25)(H,21,23). The summed E-state index contributed by atoms with van der Waals surface area (Å²) in [5.74, 6) is -0.575. The predicted molar refractivity (Wildman–Crippen MR) is 104 cm³/mol. The van der Waals surface area contributed by atoms with E-state index in [0.717, 1.165) is 44.8 Å². The average Bonchev–Trinajstić information content (AvgIpc) is 2.82. The number of thioether (sulfide) groups is 1. The van der Waals surface area contributed by atoms with Crippen LogP contribution in [0.1, 0.15) is 43.2 Å². The van der Waals surface area contributed by atoms with Crippen LogP contribution in [-0.4, -0.2) is 34.1 Å². The van der Waals surface area contributed by atoms with Gasteiger partial charge < -0.3 is 5.32 Å². The average molecular weight is 440 g/mol. The second kappa shape index (κ2) is 7.60. The maximum absolute atomic E-state index is 12.7. The first kappa shape index (κ1) is 19.2. The van der Waals surface area contributed by atoms with Gasteiger partial charge in [0.1, 0.15) is 5.54 Å². The van der Waals surface area contributed by atoms with Crippen LogP contribution >= 0.6 is 27.7 Å². The number of carbonyl (C=O) groups is 3. The van der Waals surface area contributed by atoms with Crippen LogP contribution in [0.15, 0.2) is 21.5 Å². The van der Waals surface area contributed by atoms with Crippen LogP contribution in [0.2, 0.25) is 0 Å². The molecule has 2 fully saturated rings. The first-order valence-corrected chi connectivity index (χ1v) is 10.5. The van der Waals surface area contributed by atoms with Gasteiger partial charge in [-0.05, 0) is 49.9 Å². The van der Waals surface area contributed by atoms with Gasteiger partial charge >= 0.3 is 6.03 Å². The number of hydrogen-bond donors (Lipinski definition) is 2. The van der Waals surface area contributed by atoms with Gasteiger partial charge in [-0.3, -0.25) is 15.0 Å². The molecular weight excluding hydrogens is 418 g/mol. The van der Waals surface area contributed by atoms with Crippen LogP contribution in [0, 0.1) is 13.8 Å². The molecule has 3 rings (SSSR count). The maximum Gasteiger partial charge on any atom is 0.344 e. The molecule has 1 aromatic rings. The van der Waals surface area contributed by atoms with Gasteiger partial charge in [0.05, 0.1) is 5.75 Å². The number of hydrazine groups is 1. The van der Waals surface area contributed by atoms with Gasteiger partial charge in [0, 0.05) is 9.37 Å². The van der Waals surface area contributed by atoms with Crippen LogP contribution in [0.3, 0.4) is 0 Å². The topological polar surface area (TPSA) is 78.5 Å². The molecular formula is C18H22BrN3O3S. The van der Waals surface area contributed by atoms with Crippen molar-refractivity contribution in [2.75, 3.05) is 5.75 Å². The molecule has 8 heteroatoms. The largest absolute Gasteiger partial charge is 0.344 e. The van der Waals surface area contributed by atoms with Crippen LogP contribution in [0.4, 0.5) is 4.79 Å². The Morgan fingerprint density at radius 1 is 1.23 bits per heavy atom. The first-order valence-electron chi connectivity index (χ1n) is 8.68. The zero-order valence-corrected chi connectivity index (χ0v) is 17.3. The number of nitrogens with one attached hydrogen (secondary N) is 2. The van der Waals surface area contributed by atoms with Crippen molar-refractivity contribution in [3.63, 3.8) is 0 Å². The molecule has 2 N–H and O–H groups in total. The summed E-state index contributed by atoms with van der Waals surface area (Å²) in [6, 6.07) is 3.49. The minimum atomic E-state index is -0.824. The third-order valence-electron chi connectivity index (χ3n) is 4.92. The lowest BCUT2D eigenvalue weighted by Gasteiger charge is -2.30. The smallest absolute Gasteiger partial charge is 0.322 e. The molecule has 1 aliphatic carbocycles.